The molecule has 0 aliphatic heterocycles. The summed E-state index contributed by atoms with van der Waals surface area (Å²) >= 11 is 12.8. The van der Waals surface area contributed by atoms with Crippen LogP contribution in [0.25, 0.3) is 0 Å². The van der Waals surface area contributed by atoms with Crippen molar-refractivity contribution in [1.29, 1.82) is 0 Å². The largest absolute Gasteiger partial charge is 0.322 e. The molecule has 1 N–H and O–H groups in total. The van der Waals surface area contributed by atoms with Gasteiger partial charge in [0.15, 0.2) is 9.84 Å². The highest BCUT2D eigenvalue weighted by Gasteiger charge is 2.14. The van der Waals surface area contributed by atoms with E-state index in [9.17, 15) is 13.2 Å². The number of hydrogen-bond donors (Lipinski definition) is 1. The molecule has 1 aromatic carbocycles. The van der Waals surface area contributed by atoms with Crippen LogP contribution in [0.2, 0.25) is 8.67 Å². The highest BCUT2D eigenvalue weighted by atomic mass is 35.5. The van der Waals surface area contributed by atoms with Crippen molar-refractivity contribution in [1.82, 2.24) is 0 Å². The van der Waals surface area contributed by atoms with Gasteiger partial charge in [0.1, 0.15) is 4.34 Å². The lowest BCUT2D eigenvalue weighted by Crippen LogP contribution is -2.11. The molecule has 0 aliphatic rings. The first-order valence-corrected chi connectivity index (χ1v) is 8.80. The highest BCUT2D eigenvalue weighted by molar-refractivity contribution is 7.90. The van der Waals surface area contributed by atoms with Gasteiger partial charge in [0.05, 0.1) is 14.8 Å². The summed E-state index contributed by atoms with van der Waals surface area (Å²) < 4.78 is 23.4. The van der Waals surface area contributed by atoms with Crippen LogP contribution in [-0.2, 0) is 9.84 Å². The fraction of sp³-hybridized carbons (Fsp3) is 0.0833. The van der Waals surface area contributed by atoms with Crippen molar-refractivity contribution in [3.8, 4) is 0 Å². The van der Waals surface area contributed by atoms with E-state index in [0.717, 1.165) is 17.6 Å². The Labute approximate surface area is 130 Å². The molecule has 0 fully saturated rings. The molecule has 20 heavy (non-hydrogen) atoms. The number of benzene rings is 1. The molecular weight excluding hydrogens is 341 g/mol. The Kier molecular flexibility index (Phi) is 4.39. The first-order chi connectivity index (χ1) is 9.27. The molecule has 4 nitrogen and oxygen atoms in total. The third-order valence-electron chi connectivity index (χ3n) is 2.44. The van der Waals surface area contributed by atoms with Gasteiger partial charge in [0.2, 0.25) is 0 Å². The zero-order valence-corrected chi connectivity index (χ0v) is 13.3. The van der Waals surface area contributed by atoms with E-state index < -0.39 is 15.7 Å². The Balaban J connectivity index is 2.18. The van der Waals surface area contributed by atoms with Crippen LogP contribution in [0.3, 0.4) is 0 Å². The monoisotopic (exact) mass is 349 g/mol. The molecule has 0 radical (unpaired) electrons. The Morgan fingerprint density at radius 1 is 1.20 bits per heavy atom. The molecule has 1 heterocycles. The SMILES string of the molecule is CS(=O)(=O)c1ccc(NC(=O)c2cc(Cl)sc2Cl)cc1. The minimum atomic E-state index is -3.25. The van der Waals surface area contributed by atoms with Gasteiger partial charge in [-0.05, 0) is 30.3 Å². The number of carbonyl (C=O) groups excluding carboxylic acids is 1. The average molecular weight is 350 g/mol. The fourth-order valence-electron chi connectivity index (χ4n) is 1.48. The summed E-state index contributed by atoms with van der Waals surface area (Å²) in [4.78, 5) is 12.2. The van der Waals surface area contributed by atoms with Gasteiger partial charge in [-0.2, -0.15) is 0 Å². The minimum absolute atomic E-state index is 0.187. The molecule has 8 heteroatoms. The van der Waals surface area contributed by atoms with Crippen LogP contribution in [0.5, 0.6) is 0 Å². The number of rotatable bonds is 3. The van der Waals surface area contributed by atoms with Crippen molar-refractivity contribution in [2.75, 3.05) is 11.6 Å². The number of sulfone groups is 1. The van der Waals surface area contributed by atoms with E-state index in [1.54, 1.807) is 0 Å². The van der Waals surface area contributed by atoms with Crippen LogP contribution >= 0.6 is 34.5 Å². The molecule has 0 spiro atoms. The Morgan fingerprint density at radius 2 is 1.80 bits per heavy atom. The van der Waals surface area contributed by atoms with Crippen molar-refractivity contribution in [3.05, 3.63) is 44.6 Å². The van der Waals surface area contributed by atoms with Crippen molar-refractivity contribution >= 4 is 56.0 Å². The summed E-state index contributed by atoms with van der Waals surface area (Å²) in [6.07, 6.45) is 1.12. The standard InChI is InChI=1S/C12H9Cl2NO3S2/c1-20(17,18)8-4-2-7(3-5-8)15-12(16)9-6-10(13)19-11(9)14/h2-6H,1H3,(H,15,16). The molecule has 0 atom stereocenters. The first-order valence-electron chi connectivity index (χ1n) is 5.33. The molecule has 2 aromatic rings. The number of carbonyl (C=O) groups is 1. The average Bonchev–Trinajstić information content (AvgIpc) is 2.68. The second kappa shape index (κ2) is 5.73. The van der Waals surface area contributed by atoms with Crippen LogP contribution in [0.15, 0.2) is 35.2 Å². The quantitative estimate of drug-likeness (QED) is 0.918. The maximum atomic E-state index is 12.0. The number of thiophene rings is 1. The predicted molar refractivity (Wildman–Crippen MR) is 81.8 cm³/mol. The van der Waals surface area contributed by atoms with E-state index in [0.29, 0.717) is 14.4 Å². The van der Waals surface area contributed by atoms with E-state index in [-0.39, 0.29) is 10.5 Å². The third kappa shape index (κ3) is 3.52. The molecule has 1 amide bonds. The Morgan fingerprint density at radius 3 is 2.25 bits per heavy atom. The van der Waals surface area contributed by atoms with Crippen molar-refractivity contribution < 1.29 is 13.2 Å². The number of amides is 1. The van der Waals surface area contributed by atoms with E-state index in [1.807, 2.05) is 0 Å². The molecule has 0 bridgehead atoms. The number of anilines is 1. The fourth-order valence-corrected chi connectivity index (χ4v) is 3.57. The normalized spacial score (nSPS) is 11.3. The van der Waals surface area contributed by atoms with Crippen LogP contribution in [0.4, 0.5) is 5.69 Å². The highest BCUT2D eigenvalue weighted by Crippen LogP contribution is 2.31. The van der Waals surface area contributed by atoms with Gasteiger partial charge >= 0.3 is 0 Å². The topological polar surface area (TPSA) is 63.2 Å². The number of hydrogen-bond acceptors (Lipinski definition) is 4. The lowest BCUT2D eigenvalue weighted by molar-refractivity contribution is 0.102. The molecule has 0 saturated carbocycles. The van der Waals surface area contributed by atoms with E-state index in [4.69, 9.17) is 23.2 Å². The second-order valence-corrected chi connectivity index (χ2v) is 8.29. The lowest BCUT2D eigenvalue weighted by atomic mass is 10.3. The first kappa shape index (κ1) is 15.3. The lowest BCUT2D eigenvalue weighted by Gasteiger charge is -2.05. The summed E-state index contributed by atoms with van der Waals surface area (Å²) in [5.74, 6) is -0.398. The van der Waals surface area contributed by atoms with Gasteiger partial charge in [0, 0.05) is 11.9 Å². The van der Waals surface area contributed by atoms with E-state index in [1.165, 1.54) is 30.3 Å². The smallest absolute Gasteiger partial charge is 0.258 e. The van der Waals surface area contributed by atoms with Gasteiger partial charge in [-0.1, -0.05) is 23.2 Å². The molecule has 0 aliphatic carbocycles. The molecular formula is C12H9Cl2NO3S2. The maximum absolute atomic E-state index is 12.0. The summed E-state index contributed by atoms with van der Waals surface area (Å²) in [7, 11) is -3.25. The van der Waals surface area contributed by atoms with Crippen molar-refractivity contribution in [3.63, 3.8) is 0 Å². The summed E-state index contributed by atoms with van der Waals surface area (Å²) in [6.45, 7) is 0. The molecule has 0 saturated heterocycles. The van der Waals surface area contributed by atoms with Gasteiger partial charge in [0.25, 0.3) is 5.91 Å². The van der Waals surface area contributed by atoms with Crippen molar-refractivity contribution in [2.24, 2.45) is 0 Å². The van der Waals surface area contributed by atoms with Crippen LogP contribution in [0.1, 0.15) is 10.4 Å². The van der Waals surface area contributed by atoms with Gasteiger partial charge in [-0.3, -0.25) is 4.79 Å². The van der Waals surface area contributed by atoms with Gasteiger partial charge in [-0.15, -0.1) is 11.3 Å². The zero-order valence-electron chi connectivity index (χ0n) is 10.2. The van der Waals surface area contributed by atoms with Crippen LogP contribution < -0.4 is 5.32 Å². The van der Waals surface area contributed by atoms with E-state index >= 15 is 0 Å². The summed E-state index contributed by atoms with van der Waals surface area (Å²) in [5.41, 5.74) is 0.759. The molecule has 2 rings (SSSR count). The van der Waals surface area contributed by atoms with Crippen LogP contribution in [0, 0.1) is 0 Å². The molecule has 0 unspecified atom stereocenters. The third-order valence-corrected chi connectivity index (χ3v) is 5.06. The summed E-state index contributed by atoms with van der Waals surface area (Å²) in [5, 5.41) is 2.62. The van der Waals surface area contributed by atoms with Gasteiger partial charge < -0.3 is 5.32 Å². The Hall–Kier alpha value is -1.08. The van der Waals surface area contributed by atoms with Crippen molar-refractivity contribution in [2.45, 2.75) is 4.90 Å². The predicted octanol–water partition coefficient (Wildman–Crippen LogP) is 3.71. The second-order valence-electron chi connectivity index (χ2n) is 3.99. The molecule has 1 aromatic heterocycles. The Bertz CT molecular complexity index is 752. The maximum Gasteiger partial charge on any atom is 0.258 e. The van der Waals surface area contributed by atoms with Gasteiger partial charge in [-0.25, -0.2) is 8.42 Å². The van der Waals surface area contributed by atoms with Crippen LogP contribution in [-0.4, -0.2) is 20.6 Å². The summed E-state index contributed by atoms with van der Waals surface area (Å²) in [6, 6.07) is 7.35. The number of halogens is 2. The molecule has 106 valence electrons. The zero-order chi connectivity index (χ0) is 14.9. The number of nitrogens with one attached hydrogen (secondary N) is 1. The van der Waals surface area contributed by atoms with E-state index in [2.05, 4.69) is 5.32 Å². The minimum Gasteiger partial charge on any atom is -0.322 e.